The van der Waals surface area contributed by atoms with Crippen molar-refractivity contribution in [3.05, 3.63) is 77.9 Å². The van der Waals surface area contributed by atoms with Crippen LogP contribution in [0.1, 0.15) is 70.9 Å². The molecule has 0 aromatic heterocycles. The summed E-state index contributed by atoms with van der Waals surface area (Å²) in [6.07, 6.45) is 5.95. The second-order valence-corrected chi connectivity index (χ2v) is 12.4. The predicted molar refractivity (Wildman–Crippen MR) is 188 cm³/mol. The van der Waals surface area contributed by atoms with Gasteiger partial charge in [0.2, 0.25) is 23.6 Å². The standard InChI is InChI=1S/C36H53N7O4/c1-25(2)23-30(35(47)43-31(26(3)4)24-40-32(44)21-20-28-15-9-6-10-16-28)42-34(46)29(18-12-22-39-36(37)38)41-33(45)19-11-17-27-13-7-5-8-14-27/h5-10,13-16,20-21,25-26,29-31H,11-12,17-19,22-24H2,1-4H3,(H,40,44)(H,41,45)(H,42,46)(H,43,47)(H4,37,38,39)/t29-,30-,31+/m0/s1. The number of hydrogen-bond donors (Lipinski definition) is 6. The number of aliphatic imine (C=N–C) groups is 1. The number of hydrogen-bond acceptors (Lipinski definition) is 5. The summed E-state index contributed by atoms with van der Waals surface area (Å²) < 4.78 is 0. The second-order valence-electron chi connectivity index (χ2n) is 12.4. The maximum Gasteiger partial charge on any atom is 0.244 e. The predicted octanol–water partition coefficient (Wildman–Crippen LogP) is 3.05. The molecule has 47 heavy (non-hydrogen) atoms. The first-order valence-electron chi connectivity index (χ1n) is 16.4. The molecule has 11 heteroatoms. The SMILES string of the molecule is CC(C)C[C@H](NC(=O)[C@H](CCCN=C(N)N)NC(=O)CCCc1ccccc1)C(=O)N[C@H](CNC(=O)C=Cc1ccccc1)C(C)C. The lowest BCUT2D eigenvalue weighted by molar-refractivity contribution is -0.133. The summed E-state index contributed by atoms with van der Waals surface area (Å²) in [5.74, 6) is -1.27. The van der Waals surface area contributed by atoms with E-state index in [0.29, 0.717) is 32.2 Å². The summed E-state index contributed by atoms with van der Waals surface area (Å²) in [5.41, 5.74) is 12.9. The summed E-state index contributed by atoms with van der Waals surface area (Å²) in [6, 6.07) is 17.3. The maximum absolute atomic E-state index is 13.6. The molecule has 0 fully saturated rings. The van der Waals surface area contributed by atoms with Gasteiger partial charge in [0.1, 0.15) is 12.1 Å². The Hall–Kier alpha value is -4.67. The van der Waals surface area contributed by atoms with Crippen LogP contribution in [0.15, 0.2) is 71.7 Å². The topological polar surface area (TPSA) is 181 Å². The number of carbonyl (C=O) groups excluding carboxylic acids is 4. The fraction of sp³-hybridized carbons (Fsp3) is 0.472. The largest absolute Gasteiger partial charge is 0.370 e. The molecule has 2 aromatic rings. The van der Waals surface area contributed by atoms with Gasteiger partial charge in [0.05, 0.1) is 0 Å². The molecule has 0 bridgehead atoms. The molecular weight excluding hydrogens is 594 g/mol. The Labute approximate surface area is 279 Å². The highest BCUT2D eigenvalue weighted by atomic mass is 16.2. The van der Waals surface area contributed by atoms with Crippen molar-refractivity contribution in [1.29, 1.82) is 0 Å². The van der Waals surface area contributed by atoms with Crippen LogP contribution >= 0.6 is 0 Å². The number of benzene rings is 2. The molecule has 0 spiro atoms. The molecule has 8 N–H and O–H groups in total. The third-order valence-corrected chi connectivity index (χ3v) is 7.50. The van der Waals surface area contributed by atoms with E-state index in [0.717, 1.165) is 17.5 Å². The zero-order valence-corrected chi connectivity index (χ0v) is 28.2. The van der Waals surface area contributed by atoms with Gasteiger partial charge < -0.3 is 32.7 Å². The van der Waals surface area contributed by atoms with Crippen molar-refractivity contribution in [1.82, 2.24) is 21.3 Å². The number of rotatable bonds is 20. The van der Waals surface area contributed by atoms with E-state index in [4.69, 9.17) is 11.5 Å². The quantitative estimate of drug-likeness (QED) is 0.0556. The molecule has 2 aromatic carbocycles. The Morgan fingerprint density at radius 3 is 2.06 bits per heavy atom. The summed E-state index contributed by atoms with van der Waals surface area (Å²) in [6.45, 7) is 8.35. The lowest BCUT2D eigenvalue weighted by Crippen LogP contribution is -2.57. The number of amides is 4. The maximum atomic E-state index is 13.6. The van der Waals surface area contributed by atoms with Crippen LogP contribution in [0, 0.1) is 11.8 Å². The molecular formula is C36H53N7O4. The van der Waals surface area contributed by atoms with Crippen LogP contribution in [-0.2, 0) is 25.6 Å². The molecule has 0 heterocycles. The van der Waals surface area contributed by atoms with E-state index in [9.17, 15) is 19.2 Å². The summed E-state index contributed by atoms with van der Waals surface area (Å²) in [7, 11) is 0. The number of nitrogens with zero attached hydrogens (tertiary/aromatic N) is 1. The van der Waals surface area contributed by atoms with Crippen molar-refractivity contribution in [2.45, 2.75) is 84.3 Å². The zero-order valence-electron chi connectivity index (χ0n) is 28.2. The van der Waals surface area contributed by atoms with E-state index in [-0.39, 0.29) is 54.5 Å². The Balaban J connectivity index is 2.04. The first-order chi connectivity index (χ1) is 22.4. The highest BCUT2D eigenvalue weighted by Crippen LogP contribution is 2.10. The van der Waals surface area contributed by atoms with Gasteiger partial charge in [0, 0.05) is 31.6 Å². The third kappa shape index (κ3) is 16.5. The Bertz CT molecular complexity index is 1310. The minimum absolute atomic E-state index is 0.00575. The summed E-state index contributed by atoms with van der Waals surface area (Å²) in [5, 5.41) is 11.6. The van der Waals surface area contributed by atoms with Crippen LogP contribution in [0.25, 0.3) is 6.08 Å². The van der Waals surface area contributed by atoms with Gasteiger partial charge in [0.25, 0.3) is 0 Å². The van der Waals surface area contributed by atoms with Gasteiger partial charge in [-0.05, 0) is 61.1 Å². The minimum atomic E-state index is -0.868. The fourth-order valence-corrected chi connectivity index (χ4v) is 4.85. The normalized spacial score (nSPS) is 13.1. The third-order valence-electron chi connectivity index (χ3n) is 7.50. The van der Waals surface area contributed by atoms with Crippen molar-refractivity contribution >= 4 is 35.7 Å². The molecule has 0 radical (unpaired) electrons. The number of guanidine groups is 1. The van der Waals surface area contributed by atoms with Crippen molar-refractivity contribution in [2.75, 3.05) is 13.1 Å². The van der Waals surface area contributed by atoms with Crippen LogP contribution in [0.3, 0.4) is 0 Å². The van der Waals surface area contributed by atoms with Gasteiger partial charge in [-0.25, -0.2) is 0 Å². The number of carbonyl (C=O) groups is 4. The van der Waals surface area contributed by atoms with Gasteiger partial charge in [-0.2, -0.15) is 0 Å². The average Bonchev–Trinajstić information content (AvgIpc) is 3.03. The zero-order chi connectivity index (χ0) is 34.6. The highest BCUT2D eigenvalue weighted by molar-refractivity contribution is 5.93. The van der Waals surface area contributed by atoms with Gasteiger partial charge in [-0.15, -0.1) is 0 Å². The van der Waals surface area contributed by atoms with Crippen molar-refractivity contribution < 1.29 is 19.2 Å². The molecule has 0 saturated heterocycles. The van der Waals surface area contributed by atoms with Crippen molar-refractivity contribution in [3.8, 4) is 0 Å². The van der Waals surface area contributed by atoms with Crippen molar-refractivity contribution in [2.24, 2.45) is 28.3 Å². The molecule has 0 saturated carbocycles. The Morgan fingerprint density at radius 2 is 1.45 bits per heavy atom. The van der Waals surface area contributed by atoms with E-state index in [1.54, 1.807) is 6.08 Å². The van der Waals surface area contributed by atoms with Crippen LogP contribution in [0.4, 0.5) is 0 Å². The van der Waals surface area contributed by atoms with Crippen LogP contribution in [-0.4, -0.2) is 60.8 Å². The van der Waals surface area contributed by atoms with Gasteiger partial charge in [-0.3, -0.25) is 24.2 Å². The molecule has 11 nitrogen and oxygen atoms in total. The lowest BCUT2D eigenvalue weighted by atomic mass is 9.99. The second kappa shape index (κ2) is 21.2. The molecule has 0 aliphatic carbocycles. The van der Waals surface area contributed by atoms with Crippen LogP contribution in [0.5, 0.6) is 0 Å². The van der Waals surface area contributed by atoms with E-state index < -0.39 is 18.0 Å². The summed E-state index contributed by atoms with van der Waals surface area (Å²) >= 11 is 0. The monoisotopic (exact) mass is 647 g/mol. The molecule has 0 aliphatic heterocycles. The smallest absolute Gasteiger partial charge is 0.244 e. The first-order valence-corrected chi connectivity index (χ1v) is 16.4. The number of aryl methyl sites for hydroxylation is 1. The van der Waals surface area contributed by atoms with Gasteiger partial charge in [0.15, 0.2) is 5.96 Å². The van der Waals surface area contributed by atoms with Gasteiger partial charge >= 0.3 is 0 Å². The number of nitrogens with two attached hydrogens (primary N) is 2. The molecule has 0 aliphatic rings. The van der Waals surface area contributed by atoms with E-state index >= 15 is 0 Å². The fourth-order valence-electron chi connectivity index (χ4n) is 4.85. The first kappa shape index (κ1) is 38.5. The molecule has 256 valence electrons. The lowest BCUT2D eigenvalue weighted by Gasteiger charge is -2.28. The van der Waals surface area contributed by atoms with Gasteiger partial charge in [-0.1, -0.05) is 88.4 Å². The van der Waals surface area contributed by atoms with E-state index in [2.05, 4.69) is 26.3 Å². The number of nitrogens with one attached hydrogen (secondary N) is 4. The molecule has 3 atom stereocenters. The Morgan fingerprint density at radius 1 is 0.809 bits per heavy atom. The Kier molecular flexibility index (Phi) is 17.4. The van der Waals surface area contributed by atoms with E-state index in [1.165, 1.54) is 6.08 Å². The van der Waals surface area contributed by atoms with Crippen molar-refractivity contribution in [3.63, 3.8) is 0 Å². The van der Waals surface area contributed by atoms with E-state index in [1.807, 2.05) is 88.4 Å². The molecule has 2 rings (SSSR count). The molecule has 0 unspecified atom stereocenters. The minimum Gasteiger partial charge on any atom is -0.370 e. The average molecular weight is 648 g/mol. The van der Waals surface area contributed by atoms with Crippen LogP contribution in [0.2, 0.25) is 0 Å². The summed E-state index contributed by atoms with van der Waals surface area (Å²) in [4.78, 5) is 56.5. The van der Waals surface area contributed by atoms with Crippen LogP contribution < -0.4 is 32.7 Å². The molecule has 4 amide bonds. The highest BCUT2D eigenvalue weighted by Gasteiger charge is 2.29.